The first-order chi connectivity index (χ1) is 16.4. The largest absolute Gasteiger partial charge is 0.490 e. The molecule has 0 spiro atoms. The second-order valence-corrected chi connectivity index (χ2v) is 9.44. The van der Waals surface area contributed by atoms with Crippen LogP contribution in [0.3, 0.4) is 0 Å². The number of aliphatic imine (C=N–C) groups is 1. The van der Waals surface area contributed by atoms with E-state index < -0.39 is 0 Å². The Morgan fingerprint density at radius 3 is 2.44 bits per heavy atom. The van der Waals surface area contributed by atoms with Gasteiger partial charge in [0.25, 0.3) is 5.91 Å². The molecule has 1 saturated heterocycles. The molecular formula is C25H19Cl3N2O3S. The molecule has 1 heterocycles. The summed E-state index contributed by atoms with van der Waals surface area (Å²) in [6.07, 6.45) is 1.78. The fourth-order valence-electron chi connectivity index (χ4n) is 3.06. The Balaban J connectivity index is 1.51. The Labute approximate surface area is 216 Å². The summed E-state index contributed by atoms with van der Waals surface area (Å²) >= 11 is 19.3. The van der Waals surface area contributed by atoms with Gasteiger partial charge in [0.15, 0.2) is 16.7 Å². The minimum atomic E-state index is -0.241. The van der Waals surface area contributed by atoms with Gasteiger partial charge in [-0.25, -0.2) is 4.99 Å². The fourth-order valence-corrected chi connectivity index (χ4v) is 4.47. The van der Waals surface area contributed by atoms with Crippen LogP contribution in [0.15, 0.2) is 70.6 Å². The molecule has 1 aliphatic heterocycles. The molecule has 0 radical (unpaired) electrons. The molecule has 0 aromatic heterocycles. The average Bonchev–Trinajstić information content (AvgIpc) is 3.15. The van der Waals surface area contributed by atoms with Crippen LogP contribution in [0.1, 0.15) is 18.1 Å². The van der Waals surface area contributed by atoms with E-state index in [2.05, 4.69) is 10.3 Å². The van der Waals surface area contributed by atoms with Crippen molar-refractivity contribution < 1.29 is 14.3 Å². The van der Waals surface area contributed by atoms with Crippen LogP contribution in [0.2, 0.25) is 15.1 Å². The fraction of sp³-hybridized carbons (Fsp3) is 0.120. The SMILES string of the molecule is CCOc1cc(C=C2SC(=Nc3ccc(Cl)cc3Cl)NC2=O)ccc1OCc1ccc(Cl)cc1. The van der Waals surface area contributed by atoms with Crippen LogP contribution in [0.5, 0.6) is 11.5 Å². The van der Waals surface area contributed by atoms with E-state index in [4.69, 9.17) is 44.3 Å². The van der Waals surface area contributed by atoms with Gasteiger partial charge in [0.2, 0.25) is 0 Å². The Morgan fingerprint density at radius 1 is 0.941 bits per heavy atom. The predicted molar refractivity (Wildman–Crippen MR) is 141 cm³/mol. The lowest BCUT2D eigenvalue weighted by molar-refractivity contribution is -0.115. The first kappa shape index (κ1) is 24.5. The summed E-state index contributed by atoms with van der Waals surface area (Å²) < 4.78 is 11.7. The third kappa shape index (κ3) is 6.27. The van der Waals surface area contributed by atoms with Crippen LogP contribution in [0.25, 0.3) is 6.08 Å². The Bertz CT molecular complexity index is 1280. The molecular weight excluding hydrogens is 515 g/mol. The number of nitrogens with zero attached hydrogens (tertiary/aromatic N) is 1. The van der Waals surface area contributed by atoms with Crippen molar-refractivity contribution in [1.29, 1.82) is 0 Å². The number of rotatable bonds is 7. The van der Waals surface area contributed by atoms with E-state index in [1.54, 1.807) is 24.3 Å². The number of ether oxygens (including phenoxy) is 2. The summed E-state index contributed by atoms with van der Waals surface area (Å²) in [5.41, 5.74) is 2.31. The topological polar surface area (TPSA) is 59.9 Å². The maximum atomic E-state index is 12.5. The summed E-state index contributed by atoms with van der Waals surface area (Å²) in [6, 6.07) is 18.0. The molecule has 0 atom stereocenters. The van der Waals surface area contributed by atoms with Crippen molar-refractivity contribution in [2.75, 3.05) is 6.61 Å². The van der Waals surface area contributed by atoms with Gasteiger partial charge in [-0.15, -0.1) is 0 Å². The average molecular weight is 534 g/mol. The van der Waals surface area contributed by atoms with Crippen molar-refractivity contribution in [3.63, 3.8) is 0 Å². The molecule has 1 fully saturated rings. The van der Waals surface area contributed by atoms with Crippen LogP contribution in [-0.4, -0.2) is 17.7 Å². The highest BCUT2D eigenvalue weighted by atomic mass is 35.5. The zero-order valence-corrected chi connectivity index (χ0v) is 21.1. The zero-order chi connectivity index (χ0) is 24.1. The first-order valence-corrected chi connectivity index (χ1v) is 12.2. The van der Waals surface area contributed by atoms with Gasteiger partial charge in [-0.05, 0) is 78.4 Å². The van der Waals surface area contributed by atoms with Crippen LogP contribution < -0.4 is 14.8 Å². The lowest BCUT2D eigenvalue weighted by Crippen LogP contribution is -2.19. The molecule has 0 saturated carbocycles. The van der Waals surface area contributed by atoms with Crippen LogP contribution in [0.4, 0.5) is 5.69 Å². The van der Waals surface area contributed by atoms with Crippen LogP contribution >= 0.6 is 46.6 Å². The van der Waals surface area contributed by atoms with Crippen molar-refractivity contribution in [3.8, 4) is 11.5 Å². The molecule has 0 unspecified atom stereocenters. The quantitative estimate of drug-likeness (QED) is 0.319. The lowest BCUT2D eigenvalue weighted by Gasteiger charge is -2.13. The summed E-state index contributed by atoms with van der Waals surface area (Å²) in [4.78, 5) is 17.4. The number of amidine groups is 1. The molecule has 34 heavy (non-hydrogen) atoms. The second kappa shape index (κ2) is 11.2. The van der Waals surface area contributed by atoms with Crippen LogP contribution in [-0.2, 0) is 11.4 Å². The smallest absolute Gasteiger partial charge is 0.264 e. The van der Waals surface area contributed by atoms with Gasteiger partial charge in [-0.2, -0.15) is 0 Å². The maximum Gasteiger partial charge on any atom is 0.264 e. The number of halogens is 3. The molecule has 0 bridgehead atoms. The molecule has 174 valence electrons. The van der Waals surface area contributed by atoms with E-state index in [1.165, 1.54) is 11.8 Å². The minimum Gasteiger partial charge on any atom is -0.490 e. The van der Waals surface area contributed by atoms with Gasteiger partial charge in [0, 0.05) is 10.0 Å². The minimum absolute atomic E-state index is 0.241. The molecule has 4 rings (SSSR count). The van der Waals surface area contributed by atoms with E-state index in [9.17, 15) is 4.79 Å². The van der Waals surface area contributed by atoms with Gasteiger partial charge in [0.05, 0.1) is 22.2 Å². The summed E-state index contributed by atoms with van der Waals surface area (Å²) in [6.45, 7) is 2.76. The van der Waals surface area contributed by atoms with Crippen molar-refractivity contribution in [2.24, 2.45) is 4.99 Å². The number of carbonyl (C=O) groups excluding carboxylic acids is 1. The summed E-state index contributed by atoms with van der Waals surface area (Å²) in [5.74, 6) is 0.966. The number of carbonyl (C=O) groups is 1. The summed E-state index contributed by atoms with van der Waals surface area (Å²) in [7, 11) is 0. The van der Waals surface area contributed by atoms with E-state index >= 15 is 0 Å². The van der Waals surface area contributed by atoms with Crippen molar-refractivity contribution >= 4 is 69.4 Å². The highest BCUT2D eigenvalue weighted by Gasteiger charge is 2.24. The number of hydrogen-bond donors (Lipinski definition) is 1. The molecule has 3 aromatic rings. The Hall–Kier alpha value is -2.64. The van der Waals surface area contributed by atoms with E-state index in [-0.39, 0.29) is 5.91 Å². The number of thioether (sulfide) groups is 1. The highest BCUT2D eigenvalue weighted by molar-refractivity contribution is 8.18. The maximum absolute atomic E-state index is 12.5. The molecule has 3 aromatic carbocycles. The van der Waals surface area contributed by atoms with Gasteiger partial charge in [0.1, 0.15) is 6.61 Å². The molecule has 0 aliphatic carbocycles. The van der Waals surface area contributed by atoms with Crippen molar-refractivity contribution in [1.82, 2.24) is 5.32 Å². The number of hydrogen-bond acceptors (Lipinski definition) is 5. The van der Waals surface area contributed by atoms with Gasteiger partial charge >= 0.3 is 0 Å². The molecule has 1 N–H and O–H groups in total. The third-order valence-electron chi connectivity index (χ3n) is 4.66. The van der Waals surface area contributed by atoms with Gasteiger partial charge < -0.3 is 14.8 Å². The standard InChI is InChI=1S/C25H19Cl3N2O3S/c1-2-32-22-11-16(5-10-21(22)33-14-15-3-6-17(26)7-4-15)12-23-24(31)30-25(34-23)29-20-9-8-18(27)13-19(20)28/h3-13H,2,14H2,1H3,(H,29,30,31). The van der Waals surface area contributed by atoms with Crippen molar-refractivity contribution in [2.45, 2.75) is 13.5 Å². The number of nitrogens with one attached hydrogen (secondary N) is 1. The van der Waals surface area contributed by atoms with Gasteiger partial charge in [-0.1, -0.05) is 53.0 Å². The zero-order valence-electron chi connectivity index (χ0n) is 18.0. The monoisotopic (exact) mass is 532 g/mol. The normalized spacial score (nSPS) is 15.6. The second-order valence-electron chi connectivity index (χ2n) is 7.13. The molecule has 1 amide bonds. The third-order valence-corrected chi connectivity index (χ3v) is 6.36. The summed E-state index contributed by atoms with van der Waals surface area (Å²) in [5, 5.41) is 4.79. The van der Waals surface area contributed by atoms with Crippen LogP contribution in [0, 0.1) is 0 Å². The Morgan fingerprint density at radius 2 is 1.71 bits per heavy atom. The lowest BCUT2D eigenvalue weighted by atomic mass is 10.2. The van der Waals surface area contributed by atoms with Gasteiger partial charge in [-0.3, -0.25) is 4.79 Å². The first-order valence-electron chi connectivity index (χ1n) is 10.3. The van der Waals surface area contributed by atoms with E-state index in [1.807, 2.05) is 49.4 Å². The van der Waals surface area contributed by atoms with E-state index in [0.29, 0.717) is 55.5 Å². The number of amides is 1. The van der Waals surface area contributed by atoms with E-state index in [0.717, 1.165) is 11.1 Å². The predicted octanol–water partition coefficient (Wildman–Crippen LogP) is 7.52. The Kier molecular flexibility index (Phi) is 8.06. The highest BCUT2D eigenvalue weighted by Crippen LogP contribution is 2.34. The number of benzene rings is 3. The molecule has 1 aliphatic rings. The van der Waals surface area contributed by atoms with Crippen molar-refractivity contribution in [3.05, 3.63) is 91.8 Å². The molecule has 9 heteroatoms. The molecule has 5 nitrogen and oxygen atoms in total.